The minimum Gasteiger partial charge on any atom is -0.247 e. The van der Waals surface area contributed by atoms with E-state index in [0.717, 1.165) is 18.8 Å². The van der Waals surface area contributed by atoms with Crippen LogP contribution in [0.3, 0.4) is 0 Å². The zero-order chi connectivity index (χ0) is 13.0. The molecule has 0 radical (unpaired) electrons. The maximum absolute atomic E-state index is 14.3. The Morgan fingerprint density at radius 2 is 1.67 bits per heavy atom. The highest BCUT2D eigenvalue weighted by Crippen LogP contribution is 2.52. The molecule has 0 N–H and O–H groups in total. The molecular formula is C17H31F. The lowest BCUT2D eigenvalue weighted by atomic mass is 9.58. The minimum atomic E-state index is -0.592. The molecule has 0 amide bonds. The van der Waals surface area contributed by atoms with Gasteiger partial charge in [0.1, 0.15) is 6.17 Å². The molecule has 0 saturated heterocycles. The van der Waals surface area contributed by atoms with Crippen molar-refractivity contribution in [2.24, 2.45) is 17.3 Å². The molecule has 2 fully saturated rings. The van der Waals surface area contributed by atoms with Crippen LogP contribution in [0.2, 0.25) is 0 Å². The van der Waals surface area contributed by atoms with Gasteiger partial charge in [0.05, 0.1) is 0 Å². The summed E-state index contributed by atoms with van der Waals surface area (Å²) in [7, 11) is 0. The SMILES string of the molecule is CCCC1CCC(C2(C(C)F)CCCCC2)CC1. The van der Waals surface area contributed by atoms with E-state index in [4.69, 9.17) is 0 Å². The summed E-state index contributed by atoms with van der Waals surface area (Å²) in [4.78, 5) is 0. The minimum absolute atomic E-state index is 0.0649. The second kappa shape index (κ2) is 6.39. The number of rotatable bonds is 4. The zero-order valence-electron chi connectivity index (χ0n) is 12.4. The summed E-state index contributed by atoms with van der Waals surface area (Å²) < 4.78 is 14.3. The highest BCUT2D eigenvalue weighted by Gasteiger charge is 2.45. The van der Waals surface area contributed by atoms with Crippen molar-refractivity contribution in [2.45, 2.75) is 90.6 Å². The van der Waals surface area contributed by atoms with E-state index in [9.17, 15) is 4.39 Å². The number of alkyl halides is 1. The summed E-state index contributed by atoms with van der Waals surface area (Å²) in [6.07, 6.45) is 13.7. The molecule has 18 heavy (non-hydrogen) atoms. The first-order chi connectivity index (χ1) is 8.69. The fraction of sp³-hybridized carbons (Fsp3) is 1.00. The van der Waals surface area contributed by atoms with E-state index in [1.54, 1.807) is 0 Å². The Labute approximate surface area is 113 Å². The summed E-state index contributed by atoms with van der Waals surface area (Å²) in [6.45, 7) is 4.13. The van der Waals surface area contributed by atoms with Crippen molar-refractivity contribution < 1.29 is 4.39 Å². The van der Waals surface area contributed by atoms with Gasteiger partial charge in [-0.05, 0) is 44.4 Å². The molecule has 2 rings (SSSR count). The molecule has 0 heterocycles. The van der Waals surface area contributed by atoms with E-state index in [2.05, 4.69) is 6.92 Å². The van der Waals surface area contributed by atoms with Crippen LogP contribution in [0.25, 0.3) is 0 Å². The maximum atomic E-state index is 14.3. The molecule has 2 aliphatic carbocycles. The van der Waals surface area contributed by atoms with Crippen LogP contribution in [0, 0.1) is 17.3 Å². The van der Waals surface area contributed by atoms with Gasteiger partial charge >= 0.3 is 0 Å². The monoisotopic (exact) mass is 254 g/mol. The number of hydrogen-bond acceptors (Lipinski definition) is 0. The second-order valence-electron chi connectivity index (χ2n) is 6.92. The lowest BCUT2D eigenvalue weighted by molar-refractivity contribution is -0.0140. The van der Waals surface area contributed by atoms with Gasteiger partial charge in [-0.25, -0.2) is 4.39 Å². The second-order valence-corrected chi connectivity index (χ2v) is 6.92. The highest BCUT2D eigenvalue weighted by atomic mass is 19.1. The smallest absolute Gasteiger partial charge is 0.103 e. The van der Waals surface area contributed by atoms with Crippen molar-refractivity contribution in [2.75, 3.05) is 0 Å². The van der Waals surface area contributed by atoms with Crippen LogP contribution >= 0.6 is 0 Å². The summed E-state index contributed by atoms with van der Waals surface area (Å²) in [5.41, 5.74) is 0.0649. The van der Waals surface area contributed by atoms with Gasteiger partial charge in [-0.2, -0.15) is 0 Å². The van der Waals surface area contributed by atoms with Gasteiger partial charge in [-0.15, -0.1) is 0 Å². The Kier molecular flexibility index (Phi) is 5.09. The van der Waals surface area contributed by atoms with Crippen LogP contribution in [0.4, 0.5) is 4.39 Å². The van der Waals surface area contributed by atoms with E-state index in [1.807, 2.05) is 6.92 Å². The zero-order valence-corrected chi connectivity index (χ0v) is 12.4. The van der Waals surface area contributed by atoms with Gasteiger partial charge < -0.3 is 0 Å². The van der Waals surface area contributed by atoms with Gasteiger partial charge in [0.2, 0.25) is 0 Å². The molecule has 0 aromatic rings. The molecule has 106 valence electrons. The lowest BCUT2D eigenvalue weighted by Gasteiger charge is -2.47. The third kappa shape index (κ3) is 2.91. The first-order valence-corrected chi connectivity index (χ1v) is 8.33. The van der Waals surface area contributed by atoms with E-state index >= 15 is 0 Å². The summed E-state index contributed by atoms with van der Waals surface area (Å²) in [5.74, 6) is 1.63. The van der Waals surface area contributed by atoms with Gasteiger partial charge in [-0.3, -0.25) is 0 Å². The standard InChI is InChI=1S/C17H31F/c1-3-7-15-8-10-16(11-9-15)17(14(2)18)12-5-4-6-13-17/h14-16H,3-13H2,1-2H3. The number of hydrogen-bond donors (Lipinski definition) is 0. The summed E-state index contributed by atoms with van der Waals surface area (Å²) in [6, 6.07) is 0. The van der Waals surface area contributed by atoms with Crippen molar-refractivity contribution in [1.82, 2.24) is 0 Å². The third-order valence-corrected chi connectivity index (χ3v) is 5.93. The Bertz CT molecular complexity index is 232. The molecule has 1 atom stereocenters. The molecule has 2 aliphatic rings. The Morgan fingerprint density at radius 1 is 1.06 bits per heavy atom. The fourth-order valence-electron chi connectivity index (χ4n) is 4.78. The van der Waals surface area contributed by atoms with Crippen molar-refractivity contribution in [1.29, 1.82) is 0 Å². The van der Waals surface area contributed by atoms with E-state index < -0.39 is 6.17 Å². The maximum Gasteiger partial charge on any atom is 0.103 e. The van der Waals surface area contributed by atoms with E-state index in [1.165, 1.54) is 57.8 Å². The van der Waals surface area contributed by atoms with E-state index in [-0.39, 0.29) is 5.41 Å². The predicted octanol–water partition coefficient (Wildman–Crippen LogP) is 5.90. The average Bonchev–Trinajstić information content (AvgIpc) is 2.40. The van der Waals surface area contributed by atoms with Gasteiger partial charge in [-0.1, -0.05) is 51.9 Å². The van der Waals surface area contributed by atoms with Gasteiger partial charge in [0.15, 0.2) is 0 Å². The molecule has 0 nitrogen and oxygen atoms in total. The molecule has 0 aromatic heterocycles. The molecule has 0 bridgehead atoms. The van der Waals surface area contributed by atoms with Gasteiger partial charge in [0.25, 0.3) is 0 Å². The van der Waals surface area contributed by atoms with Crippen LogP contribution in [0.15, 0.2) is 0 Å². The first-order valence-electron chi connectivity index (χ1n) is 8.33. The van der Waals surface area contributed by atoms with Gasteiger partial charge in [0, 0.05) is 5.41 Å². The summed E-state index contributed by atoms with van der Waals surface area (Å²) >= 11 is 0. The molecule has 2 saturated carbocycles. The summed E-state index contributed by atoms with van der Waals surface area (Å²) in [5, 5.41) is 0. The average molecular weight is 254 g/mol. The Balaban J connectivity index is 1.96. The van der Waals surface area contributed by atoms with Crippen molar-refractivity contribution in [3.63, 3.8) is 0 Å². The van der Waals surface area contributed by atoms with Crippen LogP contribution in [-0.4, -0.2) is 6.17 Å². The lowest BCUT2D eigenvalue weighted by Crippen LogP contribution is -2.41. The normalized spacial score (nSPS) is 34.2. The Hall–Kier alpha value is -0.0700. The number of halogens is 1. The predicted molar refractivity (Wildman–Crippen MR) is 76.4 cm³/mol. The fourth-order valence-corrected chi connectivity index (χ4v) is 4.78. The molecule has 1 heteroatoms. The highest BCUT2D eigenvalue weighted by molar-refractivity contribution is 4.94. The molecular weight excluding hydrogens is 223 g/mol. The van der Waals surface area contributed by atoms with Crippen molar-refractivity contribution in [3.05, 3.63) is 0 Å². The van der Waals surface area contributed by atoms with Crippen molar-refractivity contribution >= 4 is 0 Å². The molecule has 0 aliphatic heterocycles. The molecule has 0 spiro atoms. The van der Waals surface area contributed by atoms with Crippen LogP contribution in [0.1, 0.15) is 84.5 Å². The first kappa shape index (κ1) is 14.3. The van der Waals surface area contributed by atoms with Crippen LogP contribution in [-0.2, 0) is 0 Å². The topological polar surface area (TPSA) is 0 Å². The van der Waals surface area contributed by atoms with Crippen molar-refractivity contribution in [3.8, 4) is 0 Å². The largest absolute Gasteiger partial charge is 0.247 e. The quantitative estimate of drug-likeness (QED) is 0.585. The van der Waals surface area contributed by atoms with Crippen LogP contribution in [0.5, 0.6) is 0 Å². The molecule has 1 unspecified atom stereocenters. The van der Waals surface area contributed by atoms with E-state index in [0.29, 0.717) is 5.92 Å². The molecule has 0 aromatic carbocycles. The Morgan fingerprint density at radius 3 is 2.17 bits per heavy atom. The van der Waals surface area contributed by atoms with Crippen LogP contribution < -0.4 is 0 Å². The third-order valence-electron chi connectivity index (χ3n) is 5.93.